The lowest BCUT2D eigenvalue weighted by Crippen LogP contribution is -2.21. The molecule has 0 spiro atoms. The van der Waals surface area contributed by atoms with Crippen molar-refractivity contribution in [2.75, 3.05) is 5.73 Å². The lowest BCUT2D eigenvalue weighted by atomic mass is 10.1. The Bertz CT molecular complexity index is 1180. The summed E-state index contributed by atoms with van der Waals surface area (Å²) in [7, 11) is -3.75. The van der Waals surface area contributed by atoms with Crippen molar-refractivity contribution >= 4 is 44.0 Å². The van der Waals surface area contributed by atoms with Crippen molar-refractivity contribution in [1.82, 2.24) is 13.8 Å². The molecule has 2 aromatic heterocycles. The summed E-state index contributed by atoms with van der Waals surface area (Å²) in [6.07, 6.45) is 5.03. The summed E-state index contributed by atoms with van der Waals surface area (Å²) in [4.78, 5) is 27.4. The molecule has 3 rings (SSSR count). The van der Waals surface area contributed by atoms with Crippen molar-refractivity contribution in [3.8, 4) is 0 Å². The van der Waals surface area contributed by atoms with Gasteiger partial charge in [-0.2, -0.15) is 9.36 Å². The first-order chi connectivity index (χ1) is 12.1. The zero-order valence-electron chi connectivity index (χ0n) is 13.7. The van der Waals surface area contributed by atoms with Crippen molar-refractivity contribution in [3.05, 3.63) is 45.5 Å². The van der Waals surface area contributed by atoms with Gasteiger partial charge in [0.2, 0.25) is 25.7 Å². The van der Waals surface area contributed by atoms with Crippen LogP contribution in [-0.4, -0.2) is 38.3 Å². The number of aromatic nitrogens is 3. The number of hydrogen-bond acceptors (Lipinski definition) is 9. The zero-order valence-corrected chi connectivity index (χ0v) is 15.3. The molecule has 0 amide bonds. The topological polar surface area (TPSA) is 145 Å². The molecule has 0 atom stereocenters. The molecule has 0 bridgehead atoms. The minimum absolute atomic E-state index is 0.0571. The molecule has 2 aromatic rings. The van der Waals surface area contributed by atoms with Crippen LogP contribution in [0, 0.1) is 0 Å². The summed E-state index contributed by atoms with van der Waals surface area (Å²) in [6.45, 7) is 3.01. The Labute approximate surface area is 151 Å². The summed E-state index contributed by atoms with van der Waals surface area (Å²) in [5, 5.41) is 8.49. The van der Waals surface area contributed by atoms with Crippen LogP contribution in [0.3, 0.4) is 0 Å². The van der Waals surface area contributed by atoms with Gasteiger partial charge in [0.05, 0.1) is 10.8 Å². The number of hydrogen-bond donors (Lipinski definition) is 2. The third kappa shape index (κ3) is 2.84. The number of ketones is 1. The Morgan fingerprint density at radius 3 is 2.62 bits per heavy atom. The van der Waals surface area contributed by atoms with E-state index in [0.717, 1.165) is 22.0 Å². The van der Waals surface area contributed by atoms with E-state index >= 15 is 0 Å². The van der Waals surface area contributed by atoms with Crippen molar-refractivity contribution in [3.63, 3.8) is 0 Å². The van der Waals surface area contributed by atoms with Crippen LogP contribution >= 0.6 is 11.5 Å². The van der Waals surface area contributed by atoms with Gasteiger partial charge in [-0.05, 0) is 37.6 Å². The number of nitrogens with zero attached hydrogens (tertiary/aromatic N) is 3. The Morgan fingerprint density at radius 1 is 1.31 bits per heavy atom. The van der Waals surface area contributed by atoms with Gasteiger partial charge in [-0.3, -0.25) is 9.59 Å². The van der Waals surface area contributed by atoms with Crippen LogP contribution in [0.2, 0.25) is 0 Å². The fraction of sp³-hybridized carbons (Fsp3) is 0.200. The average Bonchev–Trinajstić information content (AvgIpc) is 2.99. The predicted molar refractivity (Wildman–Crippen MR) is 96.7 cm³/mol. The highest BCUT2D eigenvalue weighted by atomic mass is 32.2. The van der Waals surface area contributed by atoms with Crippen LogP contribution < -0.4 is 11.3 Å². The quantitative estimate of drug-likeness (QED) is 0.780. The van der Waals surface area contributed by atoms with E-state index in [0.29, 0.717) is 5.57 Å². The van der Waals surface area contributed by atoms with Crippen LogP contribution in [0.25, 0.3) is 11.0 Å². The smallest absolute Gasteiger partial charge is 0.283 e. The van der Waals surface area contributed by atoms with Gasteiger partial charge >= 0.3 is 0 Å². The van der Waals surface area contributed by atoms with Crippen LogP contribution in [0.1, 0.15) is 19.4 Å². The van der Waals surface area contributed by atoms with E-state index in [1.54, 1.807) is 0 Å². The Hall–Kier alpha value is -2.79. The molecule has 2 heterocycles. The number of allylic oxidation sites excluding steroid dienone is 4. The van der Waals surface area contributed by atoms with Gasteiger partial charge in [-0.25, -0.2) is 12.8 Å². The number of anilines is 1. The number of carbonyl (C=O) groups is 1. The number of rotatable bonds is 3. The Balaban J connectivity index is 2.28. The number of sulfone groups is 1. The standard InChI is InChI=1S/C15H14N4O5S2/c1-7(2)26(23,24)15-18-25-14-17-13(22)9(12(16)19(14)15)5-8-3-4-10(20)11(21)6-8/h3-7,21H,16H2,1-2H3. The fourth-order valence-corrected chi connectivity index (χ4v) is 4.29. The Morgan fingerprint density at radius 2 is 2.00 bits per heavy atom. The van der Waals surface area contributed by atoms with Crippen molar-refractivity contribution in [2.45, 2.75) is 24.3 Å². The lowest BCUT2D eigenvalue weighted by molar-refractivity contribution is -0.113. The van der Waals surface area contributed by atoms with E-state index in [9.17, 15) is 23.1 Å². The molecule has 0 aromatic carbocycles. The third-order valence-corrected chi connectivity index (χ3v) is 6.54. The van der Waals surface area contributed by atoms with Crippen molar-refractivity contribution in [1.29, 1.82) is 0 Å². The molecule has 0 saturated heterocycles. The molecule has 11 heteroatoms. The van der Waals surface area contributed by atoms with Crippen LogP contribution in [-0.2, 0) is 14.6 Å². The average molecular weight is 394 g/mol. The Kier molecular flexibility index (Phi) is 4.28. The predicted octanol–water partition coefficient (Wildman–Crippen LogP) is 0.879. The normalized spacial score (nSPS) is 16.7. The number of nitrogen functional groups attached to an aromatic ring is 1. The van der Waals surface area contributed by atoms with E-state index in [4.69, 9.17) is 5.73 Å². The summed E-state index contributed by atoms with van der Waals surface area (Å²) in [6, 6.07) is 0. The number of fused-ring (bicyclic) bond motifs is 1. The molecule has 9 nitrogen and oxygen atoms in total. The van der Waals surface area contributed by atoms with Gasteiger partial charge in [-0.15, -0.1) is 0 Å². The molecular weight excluding hydrogens is 380 g/mol. The SMILES string of the molecule is CC(C)S(=O)(=O)c1nsc2nc(=O)c(C=C3C=CC(=O)C(O)=C3)c(N)n12. The molecule has 0 fully saturated rings. The second-order valence-electron chi connectivity index (χ2n) is 5.76. The van der Waals surface area contributed by atoms with Crippen LogP contribution in [0.4, 0.5) is 5.82 Å². The first kappa shape index (κ1) is 18.0. The largest absolute Gasteiger partial charge is 0.504 e. The zero-order chi connectivity index (χ0) is 19.2. The molecule has 0 aliphatic heterocycles. The maximum atomic E-state index is 12.5. The molecular formula is C15H14N4O5S2. The van der Waals surface area contributed by atoms with E-state index in [2.05, 4.69) is 9.36 Å². The third-order valence-electron chi connectivity index (χ3n) is 3.70. The number of aliphatic hydroxyl groups excluding tert-OH is 1. The van der Waals surface area contributed by atoms with Gasteiger partial charge in [0, 0.05) is 11.5 Å². The first-order valence-electron chi connectivity index (χ1n) is 7.39. The molecule has 3 N–H and O–H groups in total. The minimum Gasteiger partial charge on any atom is -0.504 e. The molecule has 1 aliphatic carbocycles. The van der Waals surface area contributed by atoms with Crippen molar-refractivity contribution in [2.24, 2.45) is 0 Å². The lowest BCUT2D eigenvalue weighted by Gasteiger charge is -2.09. The van der Waals surface area contributed by atoms with E-state index in [-0.39, 0.29) is 21.5 Å². The fourth-order valence-electron chi connectivity index (χ4n) is 2.21. The number of aliphatic hydroxyl groups is 1. The molecule has 26 heavy (non-hydrogen) atoms. The minimum atomic E-state index is -3.75. The molecule has 0 radical (unpaired) electrons. The second kappa shape index (κ2) is 6.18. The summed E-state index contributed by atoms with van der Waals surface area (Å²) in [5.41, 5.74) is 5.64. The monoisotopic (exact) mass is 394 g/mol. The number of carbonyl (C=O) groups excluding carboxylic acids is 1. The highest BCUT2D eigenvalue weighted by Crippen LogP contribution is 2.24. The molecule has 0 saturated carbocycles. The van der Waals surface area contributed by atoms with E-state index < -0.39 is 32.2 Å². The van der Waals surface area contributed by atoms with Crippen LogP contribution in [0.5, 0.6) is 0 Å². The summed E-state index contributed by atoms with van der Waals surface area (Å²) < 4.78 is 30.0. The molecule has 136 valence electrons. The van der Waals surface area contributed by atoms with Crippen molar-refractivity contribution < 1.29 is 18.3 Å². The highest BCUT2D eigenvalue weighted by Gasteiger charge is 2.27. The van der Waals surface area contributed by atoms with Gasteiger partial charge in [0.1, 0.15) is 5.82 Å². The number of nitrogens with two attached hydrogens (primary N) is 1. The van der Waals surface area contributed by atoms with Gasteiger partial charge < -0.3 is 10.8 Å². The maximum Gasteiger partial charge on any atom is 0.283 e. The second-order valence-corrected chi connectivity index (χ2v) is 8.89. The van der Waals surface area contributed by atoms with E-state index in [1.807, 2.05) is 0 Å². The molecule has 0 unspecified atom stereocenters. The molecule has 1 aliphatic rings. The van der Waals surface area contributed by atoms with Gasteiger partial charge in [0.15, 0.2) is 5.76 Å². The van der Waals surface area contributed by atoms with Gasteiger partial charge in [0.25, 0.3) is 5.56 Å². The summed E-state index contributed by atoms with van der Waals surface area (Å²) in [5.74, 6) is -1.18. The maximum absolute atomic E-state index is 12.5. The summed E-state index contributed by atoms with van der Waals surface area (Å²) >= 11 is 0.753. The van der Waals surface area contributed by atoms with E-state index in [1.165, 1.54) is 32.1 Å². The highest BCUT2D eigenvalue weighted by molar-refractivity contribution is 7.91. The van der Waals surface area contributed by atoms with Crippen LogP contribution in [0.15, 0.2) is 39.5 Å². The van der Waals surface area contributed by atoms with Gasteiger partial charge in [-0.1, -0.05) is 6.08 Å². The first-order valence-corrected chi connectivity index (χ1v) is 9.71.